The number of H-pyrrole nitrogens is 1. The fourth-order valence-electron chi connectivity index (χ4n) is 4.03. The van der Waals surface area contributed by atoms with Crippen LogP contribution in [0, 0.1) is 17.7 Å². The quantitative estimate of drug-likeness (QED) is 0.449. The number of carbonyl (C=O) groups is 2. The third kappa shape index (κ3) is 3.75. The third-order valence-corrected chi connectivity index (χ3v) is 5.76. The summed E-state index contributed by atoms with van der Waals surface area (Å²) < 4.78 is 20.3. The summed E-state index contributed by atoms with van der Waals surface area (Å²) in [6.07, 6.45) is 1.69. The van der Waals surface area contributed by atoms with Gasteiger partial charge in [-0.2, -0.15) is 5.10 Å². The van der Waals surface area contributed by atoms with Crippen LogP contribution in [0.15, 0.2) is 54.7 Å². The summed E-state index contributed by atoms with van der Waals surface area (Å²) in [6, 6.07) is 12.8. The molecule has 2 aromatic heterocycles. The molecule has 2 aromatic carbocycles. The van der Waals surface area contributed by atoms with Crippen LogP contribution < -0.4 is 10.5 Å². The average Bonchev–Trinajstić information content (AvgIpc) is 3.35. The Labute approximate surface area is 194 Å². The van der Waals surface area contributed by atoms with E-state index < -0.39 is 5.91 Å². The molecule has 8 nitrogen and oxygen atoms in total. The SMILES string of the molecule is CC#CC(=O)N1CC(c2cnn3c(C(N)=O)c(-c4ccc(Oc5ccc(F)cc5)cc4)[nH]c23)C1. The van der Waals surface area contributed by atoms with E-state index in [4.69, 9.17) is 10.5 Å². The van der Waals surface area contributed by atoms with Crippen molar-refractivity contribution in [2.45, 2.75) is 12.8 Å². The molecule has 0 radical (unpaired) electrons. The minimum Gasteiger partial charge on any atom is -0.457 e. The van der Waals surface area contributed by atoms with E-state index in [1.807, 2.05) is 0 Å². The molecule has 9 heteroatoms. The number of nitrogens with zero attached hydrogens (tertiary/aromatic N) is 3. The Hall–Kier alpha value is -4.58. The molecule has 0 atom stereocenters. The maximum absolute atomic E-state index is 13.1. The van der Waals surface area contributed by atoms with Crippen LogP contribution in [-0.4, -0.2) is 44.4 Å². The van der Waals surface area contributed by atoms with Crippen molar-refractivity contribution >= 4 is 17.5 Å². The molecule has 34 heavy (non-hydrogen) atoms. The number of hydrogen-bond acceptors (Lipinski definition) is 4. The Kier molecular flexibility index (Phi) is 5.26. The zero-order chi connectivity index (χ0) is 23.8. The molecule has 0 unspecified atom stereocenters. The molecule has 2 amide bonds. The molecule has 0 saturated carbocycles. The number of rotatable bonds is 5. The van der Waals surface area contributed by atoms with E-state index in [1.165, 1.54) is 16.6 Å². The number of hydrogen-bond donors (Lipinski definition) is 2. The Morgan fingerprint density at radius 2 is 1.76 bits per heavy atom. The van der Waals surface area contributed by atoms with Gasteiger partial charge >= 0.3 is 0 Å². The van der Waals surface area contributed by atoms with Crippen LogP contribution in [0.2, 0.25) is 0 Å². The molecule has 1 aliphatic rings. The predicted molar refractivity (Wildman–Crippen MR) is 123 cm³/mol. The van der Waals surface area contributed by atoms with Crippen molar-refractivity contribution in [3.63, 3.8) is 0 Å². The molecule has 1 aliphatic heterocycles. The number of nitrogens with two attached hydrogens (primary N) is 1. The number of nitrogens with one attached hydrogen (secondary N) is 1. The number of likely N-dealkylation sites (tertiary alicyclic amines) is 1. The van der Waals surface area contributed by atoms with Gasteiger partial charge in [0, 0.05) is 30.1 Å². The summed E-state index contributed by atoms with van der Waals surface area (Å²) in [5, 5.41) is 4.37. The van der Waals surface area contributed by atoms with E-state index in [0.29, 0.717) is 35.9 Å². The van der Waals surface area contributed by atoms with Crippen LogP contribution in [0.3, 0.4) is 0 Å². The van der Waals surface area contributed by atoms with Gasteiger partial charge in [-0.15, -0.1) is 0 Å². The van der Waals surface area contributed by atoms with Crippen molar-refractivity contribution in [2.24, 2.45) is 5.73 Å². The van der Waals surface area contributed by atoms with Gasteiger partial charge in [0.25, 0.3) is 11.8 Å². The molecular formula is C25H20FN5O3. The zero-order valence-electron chi connectivity index (χ0n) is 18.2. The molecule has 0 bridgehead atoms. The fraction of sp³-hybridized carbons (Fsp3) is 0.160. The monoisotopic (exact) mass is 457 g/mol. The Balaban J connectivity index is 1.42. The standard InChI is InChI=1S/C25H20FN5O3/c1-2-3-21(32)30-13-16(14-30)20-12-28-31-23(24(27)33)22(29-25(20)31)15-4-8-18(9-5-15)34-19-10-6-17(26)7-11-19/h4-12,16,29H,13-14H2,1H3,(H2,27,33). The molecule has 1 fully saturated rings. The third-order valence-electron chi connectivity index (χ3n) is 5.76. The molecule has 170 valence electrons. The highest BCUT2D eigenvalue weighted by atomic mass is 19.1. The number of fused-ring (bicyclic) bond motifs is 1. The lowest BCUT2D eigenvalue weighted by Crippen LogP contribution is -2.47. The summed E-state index contributed by atoms with van der Waals surface area (Å²) in [7, 11) is 0. The molecule has 0 aliphatic carbocycles. The summed E-state index contributed by atoms with van der Waals surface area (Å²) in [5.41, 5.74) is 8.75. The second-order valence-corrected chi connectivity index (χ2v) is 7.94. The topological polar surface area (TPSA) is 106 Å². The largest absolute Gasteiger partial charge is 0.457 e. The molecule has 1 saturated heterocycles. The number of aromatic amines is 1. The van der Waals surface area contributed by atoms with E-state index in [1.54, 1.807) is 54.4 Å². The molecule has 3 heterocycles. The van der Waals surface area contributed by atoms with Gasteiger partial charge in [0.05, 0.1) is 11.9 Å². The minimum absolute atomic E-state index is 0.0822. The van der Waals surface area contributed by atoms with E-state index in [9.17, 15) is 14.0 Å². The molecular weight excluding hydrogens is 437 g/mol. The van der Waals surface area contributed by atoms with Crippen molar-refractivity contribution in [2.75, 3.05) is 13.1 Å². The van der Waals surface area contributed by atoms with Gasteiger partial charge in [0.1, 0.15) is 23.0 Å². The van der Waals surface area contributed by atoms with Crippen LogP contribution in [-0.2, 0) is 4.79 Å². The minimum atomic E-state index is -0.619. The number of amides is 2. The first kappa shape index (κ1) is 21.3. The number of benzene rings is 2. The first-order chi connectivity index (χ1) is 16.4. The van der Waals surface area contributed by atoms with E-state index in [0.717, 1.165) is 11.1 Å². The van der Waals surface area contributed by atoms with Crippen molar-refractivity contribution < 1.29 is 18.7 Å². The zero-order valence-corrected chi connectivity index (χ0v) is 18.2. The van der Waals surface area contributed by atoms with Gasteiger partial charge < -0.3 is 20.4 Å². The van der Waals surface area contributed by atoms with Crippen LogP contribution in [0.25, 0.3) is 16.9 Å². The number of primary amides is 1. The highest BCUT2D eigenvalue weighted by Crippen LogP contribution is 2.33. The molecule has 4 aromatic rings. The number of imidazole rings is 1. The Morgan fingerprint density at radius 1 is 1.12 bits per heavy atom. The van der Waals surface area contributed by atoms with Crippen molar-refractivity contribution in [1.29, 1.82) is 0 Å². The van der Waals surface area contributed by atoms with Gasteiger partial charge in [-0.25, -0.2) is 8.91 Å². The normalized spacial score (nSPS) is 13.3. The van der Waals surface area contributed by atoms with Gasteiger partial charge in [-0.3, -0.25) is 9.59 Å². The first-order valence-electron chi connectivity index (χ1n) is 10.6. The molecule has 0 spiro atoms. The summed E-state index contributed by atoms with van der Waals surface area (Å²) in [5.74, 6) is 5.15. The van der Waals surface area contributed by atoms with Gasteiger partial charge in [0.2, 0.25) is 0 Å². The molecule has 5 rings (SSSR count). The van der Waals surface area contributed by atoms with E-state index >= 15 is 0 Å². The Bertz CT molecular complexity index is 1450. The number of aromatic nitrogens is 3. The highest BCUT2D eigenvalue weighted by Gasteiger charge is 2.34. The molecule has 3 N–H and O–H groups in total. The summed E-state index contributed by atoms with van der Waals surface area (Å²) in [4.78, 5) is 29.2. The van der Waals surface area contributed by atoms with Crippen molar-refractivity contribution in [3.05, 3.63) is 71.8 Å². The Morgan fingerprint density at radius 3 is 2.38 bits per heavy atom. The highest BCUT2D eigenvalue weighted by molar-refractivity contribution is 5.99. The van der Waals surface area contributed by atoms with Crippen LogP contribution in [0.4, 0.5) is 4.39 Å². The number of ether oxygens (including phenoxy) is 1. The van der Waals surface area contributed by atoms with E-state index in [2.05, 4.69) is 21.9 Å². The summed E-state index contributed by atoms with van der Waals surface area (Å²) in [6.45, 7) is 2.69. The fourth-order valence-corrected chi connectivity index (χ4v) is 4.03. The number of halogens is 1. The van der Waals surface area contributed by atoms with Crippen LogP contribution >= 0.6 is 0 Å². The van der Waals surface area contributed by atoms with Crippen LogP contribution in [0.5, 0.6) is 11.5 Å². The smallest absolute Gasteiger partial charge is 0.298 e. The second kappa shape index (κ2) is 8.41. The number of carbonyl (C=O) groups excluding carboxylic acids is 2. The average molecular weight is 457 g/mol. The van der Waals surface area contributed by atoms with Gasteiger partial charge in [-0.1, -0.05) is 5.92 Å². The van der Waals surface area contributed by atoms with Gasteiger partial charge in [-0.05, 0) is 61.4 Å². The van der Waals surface area contributed by atoms with Crippen molar-refractivity contribution in [1.82, 2.24) is 19.5 Å². The van der Waals surface area contributed by atoms with Gasteiger partial charge in [0.15, 0.2) is 5.69 Å². The second-order valence-electron chi connectivity index (χ2n) is 7.94. The summed E-state index contributed by atoms with van der Waals surface area (Å²) >= 11 is 0. The lowest BCUT2D eigenvalue weighted by atomic mass is 9.93. The maximum atomic E-state index is 13.1. The lowest BCUT2D eigenvalue weighted by molar-refractivity contribution is -0.129. The first-order valence-corrected chi connectivity index (χ1v) is 10.6. The lowest BCUT2D eigenvalue weighted by Gasteiger charge is -2.37. The maximum Gasteiger partial charge on any atom is 0.298 e. The van der Waals surface area contributed by atoms with Crippen LogP contribution in [0.1, 0.15) is 28.9 Å². The van der Waals surface area contributed by atoms with E-state index in [-0.39, 0.29) is 23.3 Å². The van der Waals surface area contributed by atoms with Crippen molar-refractivity contribution in [3.8, 4) is 34.6 Å². The predicted octanol–water partition coefficient (Wildman–Crippen LogP) is 3.31.